The number of carbonyl (C=O) groups excluding carboxylic acids is 1. The summed E-state index contributed by atoms with van der Waals surface area (Å²) in [7, 11) is 0. The molecule has 2 aromatic rings. The number of nitrogens with one attached hydrogen (secondary N) is 2. The van der Waals surface area contributed by atoms with E-state index in [1.807, 2.05) is 18.2 Å². The van der Waals surface area contributed by atoms with Gasteiger partial charge in [0.05, 0.1) is 24.1 Å². The number of halogens is 3. The van der Waals surface area contributed by atoms with Gasteiger partial charge in [-0.25, -0.2) is 4.79 Å². The van der Waals surface area contributed by atoms with Crippen molar-refractivity contribution in [3.8, 4) is 5.75 Å². The number of amides is 2. The summed E-state index contributed by atoms with van der Waals surface area (Å²) in [5, 5.41) is 6.16. The number of urea groups is 1. The number of nitrogens with zero attached hydrogens (tertiary/aromatic N) is 3. The average molecular weight is 423 g/mol. The van der Waals surface area contributed by atoms with Crippen molar-refractivity contribution in [1.29, 1.82) is 0 Å². The van der Waals surface area contributed by atoms with Gasteiger partial charge in [0.15, 0.2) is 0 Å². The van der Waals surface area contributed by atoms with Crippen molar-refractivity contribution in [1.82, 2.24) is 20.2 Å². The Morgan fingerprint density at radius 1 is 1.19 bits per heavy atom. The minimum Gasteiger partial charge on any atom is -0.490 e. The smallest absolute Gasteiger partial charge is 0.322 e. The highest BCUT2D eigenvalue weighted by molar-refractivity contribution is 5.89. The second kappa shape index (κ2) is 12.5. The number of hydrogen-bond acceptors (Lipinski definition) is 5. The molecule has 7 nitrogen and oxygen atoms in total. The molecule has 1 fully saturated rings. The van der Waals surface area contributed by atoms with E-state index in [1.54, 1.807) is 35.8 Å². The van der Waals surface area contributed by atoms with Gasteiger partial charge in [-0.05, 0) is 24.3 Å². The first-order valence-corrected chi connectivity index (χ1v) is 7.54. The first-order chi connectivity index (χ1) is 11.3. The Balaban J connectivity index is 0.00000208. The van der Waals surface area contributed by atoms with Crippen LogP contribution in [0, 0.1) is 0 Å². The van der Waals surface area contributed by atoms with Crippen LogP contribution in [0.25, 0.3) is 0 Å². The lowest BCUT2D eigenvalue weighted by molar-refractivity contribution is 0.133. The van der Waals surface area contributed by atoms with E-state index in [1.165, 1.54) is 0 Å². The molecule has 3 rings (SSSR count). The Kier molecular flexibility index (Phi) is 11.7. The number of rotatable bonds is 4. The van der Waals surface area contributed by atoms with E-state index in [9.17, 15) is 4.79 Å². The van der Waals surface area contributed by atoms with Gasteiger partial charge in [0.2, 0.25) is 0 Å². The highest BCUT2D eigenvalue weighted by Gasteiger charge is 2.27. The Hall–Kier alpha value is -1.80. The largest absolute Gasteiger partial charge is 0.490 e. The van der Waals surface area contributed by atoms with Gasteiger partial charge in [0.1, 0.15) is 12.4 Å². The Morgan fingerprint density at radius 3 is 2.58 bits per heavy atom. The molecule has 1 aliphatic rings. The van der Waals surface area contributed by atoms with Gasteiger partial charge in [-0.3, -0.25) is 9.97 Å². The number of ether oxygens (including phenoxy) is 1. The molecule has 10 heteroatoms. The third kappa shape index (κ3) is 6.84. The lowest BCUT2D eigenvalue weighted by atomic mass is 10.2. The zero-order chi connectivity index (χ0) is 15.9. The minimum absolute atomic E-state index is 0. The van der Waals surface area contributed by atoms with E-state index in [-0.39, 0.29) is 49.3 Å². The van der Waals surface area contributed by atoms with Crippen molar-refractivity contribution in [3.05, 3.63) is 49.1 Å². The number of aromatic nitrogens is 2. The van der Waals surface area contributed by atoms with E-state index < -0.39 is 0 Å². The predicted octanol–water partition coefficient (Wildman–Crippen LogP) is 2.63. The fourth-order valence-corrected chi connectivity index (χ4v) is 2.43. The molecule has 0 aliphatic carbocycles. The second-order valence-electron chi connectivity index (χ2n) is 5.22. The lowest BCUT2D eigenvalue weighted by Gasteiger charge is -2.35. The van der Waals surface area contributed by atoms with Crippen molar-refractivity contribution in [2.45, 2.75) is 6.04 Å². The van der Waals surface area contributed by atoms with Gasteiger partial charge in [0, 0.05) is 32.0 Å². The van der Waals surface area contributed by atoms with Crippen LogP contribution in [0.5, 0.6) is 5.75 Å². The maximum Gasteiger partial charge on any atom is 0.322 e. The Bertz CT molecular complexity index is 636. The summed E-state index contributed by atoms with van der Waals surface area (Å²) in [5.41, 5.74) is 0.683. The summed E-state index contributed by atoms with van der Waals surface area (Å²) in [6.07, 6.45) is 6.66. The monoisotopic (exact) mass is 421 g/mol. The van der Waals surface area contributed by atoms with Gasteiger partial charge in [-0.1, -0.05) is 0 Å². The Morgan fingerprint density at radius 2 is 1.92 bits per heavy atom. The molecule has 0 aromatic carbocycles. The van der Waals surface area contributed by atoms with E-state index in [4.69, 9.17) is 4.74 Å². The van der Waals surface area contributed by atoms with Crippen molar-refractivity contribution >= 4 is 48.9 Å². The molecule has 0 bridgehead atoms. The topological polar surface area (TPSA) is 79.4 Å². The number of carbonyl (C=O) groups is 1. The molecule has 0 radical (unpaired) electrons. The summed E-state index contributed by atoms with van der Waals surface area (Å²) < 4.78 is 5.74. The van der Waals surface area contributed by atoms with E-state index in [2.05, 4.69) is 20.6 Å². The molecule has 2 amide bonds. The first kappa shape index (κ1) is 24.2. The van der Waals surface area contributed by atoms with Gasteiger partial charge in [-0.15, -0.1) is 37.2 Å². The fraction of sp³-hybridized carbons (Fsp3) is 0.312. The van der Waals surface area contributed by atoms with Crippen LogP contribution < -0.4 is 15.4 Å². The van der Waals surface area contributed by atoms with Crippen LogP contribution in [0.3, 0.4) is 0 Å². The summed E-state index contributed by atoms with van der Waals surface area (Å²) in [5.74, 6) is 0.700. The van der Waals surface area contributed by atoms with Crippen LogP contribution in [0.4, 0.5) is 10.5 Å². The van der Waals surface area contributed by atoms with E-state index in [0.717, 1.165) is 6.54 Å². The maximum absolute atomic E-state index is 12.5. The quantitative estimate of drug-likeness (QED) is 0.792. The normalized spacial score (nSPS) is 15.5. The molecule has 1 saturated heterocycles. The van der Waals surface area contributed by atoms with Gasteiger partial charge in [-0.2, -0.15) is 0 Å². The molecule has 26 heavy (non-hydrogen) atoms. The molecule has 2 N–H and O–H groups in total. The molecular formula is C16H22Cl3N5O2. The molecule has 2 aromatic heterocycles. The Labute approximate surface area is 171 Å². The summed E-state index contributed by atoms with van der Waals surface area (Å²) in [6.45, 7) is 2.51. The molecular weight excluding hydrogens is 401 g/mol. The van der Waals surface area contributed by atoms with Crippen molar-refractivity contribution < 1.29 is 9.53 Å². The van der Waals surface area contributed by atoms with Crippen LogP contribution >= 0.6 is 37.2 Å². The van der Waals surface area contributed by atoms with Gasteiger partial charge >= 0.3 is 6.03 Å². The number of anilines is 1. The van der Waals surface area contributed by atoms with Crippen LogP contribution in [0.1, 0.15) is 0 Å². The maximum atomic E-state index is 12.5. The van der Waals surface area contributed by atoms with Crippen LogP contribution in [0.2, 0.25) is 0 Å². The molecule has 0 spiro atoms. The van der Waals surface area contributed by atoms with Gasteiger partial charge < -0.3 is 20.3 Å². The minimum atomic E-state index is -0.140. The van der Waals surface area contributed by atoms with Crippen LogP contribution in [-0.4, -0.2) is 53.2 Å². The molecule has 144 valence electrons. The van der Waals surface area contributed by atoms with Crippen molar-refractivity contribution in [2.24, 2.45) is 0 Å². The zero-order valence-corrected chi connectivity index (χ0v) is 16.4. The molecule has 1 aliphatic heterocycles. The van der Waals surface area contributed by atoms with Crippen LogP contribution in [0.15, 0.2) is 49.1 Å². The molecule has 1 atom stereocenters. The van der Waals surface area contributed by atoms with Gasteiger partial charge in [0.25, 0.3) is 0 Å². The van der Waals surface area contributed by atoms with Crippen molar-refractivity contribution in [3.63, 3.8) is 0 Å². The second-order valence-corrected chi connectivity index (χ2v) is 5.22. The lowest BCUT2D eigenvalue weighted by Crippen LogP contribution is -2.57. The fourth-order valence-electron chi connectivity index (χ4n) is 2.43. The standard InChI is InChI=1S/C16H19N5O2.3ClH/c22-16(20-13-3-1-5-17-9-13)21-8-7-19-10-14(21)12-23-15-4-2-6-18-11-15;;;/h1-6,9,11,14,19H,7-8,10,12H2,(H,20,22);3*1H. The molecule has 0 saturated carbocycles. The van der Waals surface area contributed by atoms with Crippen molar-refractivity contribution in [2.75, 3.05) is 31.6 Å². The van der Waals surface area contributed by atoms with E-state index in [0.29, 0.717) is 31.1 Å². The summed E-state index contributed by atoms with van der Waals surface area (Å²) >= 11 is 0. The number of piperazine rings is 1. The molecule has 1 unspecified atom stereocenters. The highest BCUT2D eigenvalue weighted by Crippen LogP contribution is 2.12. The molecule has 3 heterocycles. The number of hydrogen-bond donors (Lipinski definition) is 2. The SMILES string of the molecule is Cl.Cl.Cl.O=C(Nc1cccnc1)N1CCNCC1COc1cccnc1. The highest BCUT2D eigenvalue weighted by atomic mass is 35.5. The summed E-state index contributed by atoms with van der Waals surface area (Å²) in [6, 6.07) is 7.09. The number of pyridine rings is 2. The van der Waals surface area contributed by atoms with E-state index >= 15 is 0 Å². The third-order valence-electron chi connectivity index (χ3n) is 3.60. The first-order valence-electron chi connectivity index (χ1n) is 7.54. The summed E-state index contributed by atoms with van der Waals surface area (Å²) in [4.78, 5) is 22.3. The third-order valence-corrected chi connectivity index (χ3v) is 3.60. The zero-order valence-electron chi connectivity index (χ0n) is 13.9. The average Bonchev–Trinajstić information content (AvgIpc) is 2.62. The van der Waals surface area contributed by atoms with Crippen LogP contribution in [-0.2, 0) is 0 Å². The predicted molar refractivity (Wildman–Crippen MR) is 108 cm³/mol.